The van der Waals surface area contributed by atoms with E-state index in [1.807, 2.05) is 23.6 Å². The van der Waals surface area contributed by atoms with E-state index in [0.29, 0.717) is 6.54 Å². The maximum absolute atomic E-state index is 14.2. The molecule has 28 heavy (non-hydrogen) atoms. The van der Waals surface area contributed by atoms with Gasteiger partial charge in [0.2, 0.25) is 10.0 Å². The van der Waals surface area contributed by atoms with Crippen molar-refractivity contribution in [2.45, 2.75) is 18.4 Å². The summed E-state index contributed by atoms with van der Waals surface area (Å²) in [7, 11) is -0.550. The first-order valence-corrected chi connectivity index (χ1v) is 10.3. The third-order valence-electron chi connectivity index (χ3n) is 4.70. The summed E-state index contributed by atoms with van der Waals surface area (Å²) in [5, 5.41) is 0.898. The lowest BCUT2D eigenvalue weighted by Crippen LogP contribution is -2.49. The number of sulfonamides is 1. The Bertz CT molecular complexity index is 1150. The molecule has 3 aromatic rings. The van der Waals surface area contributed by atoms with Gasteiger partial charge in [0.05, 0.1) is 29.7 Å². The Morgan fingerprint density at radius 1 is 1.32 bits per heavy atom. The van der Waals surface area contributed by atoms with Crippen LogP contribution >= 0.6 is 0 Å². The number of allylic oxidation sites excluding steroid dienone is 1. The summed E-state index contributed by atoms with van der Waals surface area (Å²) in [6.07, 6.45) is 4.83. The van der Waals surface area contributed by atoms with Gasteiger partial charge in [0.15, 0.2) is 0 Å². The van der Waals surface area contributed by atoms with Gasteiger partial charge in [-0.3, -0.25) is 4.98 Å². The van der Waals surface area contributed by atoms with Crippen LogP contribution in [-0.2, 0) is 16.6 Å². The van der Waals surface area contributed by atoms with Crippen molar-refractivity contribution in [3.8, 4) is 11.1 Å². The highest BCUT2D eigenvalue weighted by molar-refractivity contribution is 7.89. The third-order valence-corrected chi connectivity index (χ3v) is 6.51. The molecule has 0 atom stereocenters. The van der Waals surface area contributed by atoms with Crippen LogP contribution in [0, 0.1) is 6.92 Å². The molecule has 2 aromatic heterocycles. The number of aromatic nitrogens is 2. The molecule has 3 rings (SSSR count). The van der Waals surface area contributed by atoms with E-state index in [-0.39, 0.29) is 17.3 Å². The molecule has 0 bridgehead atoms. The Hall–Kier alpha value is -2.55. The van der Waals surface area contributed by atoms with E-state index in [0.717, 1.165) is 27.7 Å². The number of pyridine rings is 1. The van der Waals surface area contributed by atoms with Gasteiger partial charge in [0.1, 0.15) is 5.83 Å². The van der Waals surface area contributed by atoms with E-state index < -0.39 is 10.0 Å². The zero-order chi connectivity index (χ0) is 20.5. The standard InChI is InChI=1S/C20H23FN4O2S/c1-14-20(15-5-4-6-17(11-15)28(26,27)24(2)3)18-8-10-23-12-19(18)25(14)13-16(21)7-9-22/h4-8,10-12H,9,13,22H2,1-3H3/p+1/b16-7-. The van der Waals surface area contributed by atoms with Crippen LogP contribution in [0.2, 0.25) is 0 Å². The third kappa shape index (κ3) is 3.58. The second kappa shape index (κ2) is 7.83. The van der Waals surface area contributed by atoms with Crippen LogP contribution in [0.3, 0.4) is 0 Å². The van der Waals surface area contributed by atoms with Gasteiger partial charge in [0.25, 0.3) is 0 Å². The zero-order valence-corrected chi connectivity index (χ0v) is 17.0. The fraction of sp³-hybridized carbons (Fsp3) is 0.250. The van der Waals surface area contributed by atoms with E-state index in [1.54, 1.807) is 30.6 Å². The molecule has 0 aliphatic rings. The van der Waals surface area contributed by atoms with Gasteiger partial charge in [-0.2, -0.15) is 0 Å². The molecular formula is C20H24FN4O2S+. The van der Waals surface area contributed by atoms with Crippen LogP contribution in [-0.4, -0.2) is 42.9 Å². The van der Waals surface area contributed by atoms with Crippen molar-refractivity contribution in [2.75, 3.05) is 20.6 Å². The summed E-state index contributed by atoms with van der Waals surface area (Å²) in [4.78, 5) is 4.39. The first kappa shape index (κ1) is 20.2. The zero-order valence-electron chi connectivity index (χ0n) is 16.2. The highest BCUT2D eigenvalue weighted by atomic mass is 32.2. The first-order valence-electron chi connectivity index (χ1n) is 8.87. The average molecular weight is 404 g/mol. The maximum Gasteiger partial charge on any atom is 0.242 e. The Morgan fingerprint density at radius 3 is 2.75 bits per heavy atom. The Balaban J connectivity index is 2.23. The van der Waals surface area contributed by atoms with Gasteiger partial charge >= 0.3 is 0 Å². The van der Waals surface area contributed by atoms with E-state index >= 15 is 0 Å². The fourth-order valence-corrected chi connectivity index (χ4v) is 4.23. The first-order chi connectivity index (χ1) is 13.3. The number of hydrogen-bond acceptors (Lipinski definition) is 3. The monoisotopic (exact) mass is 403 g/mol. The molecule has 0 aliphatic carbocycles. The quantitative estimate of drug-likeness (QED) is 0.686. The molecule has 0 unspecified atom stereocenters. The SMILES string of the molecule is Cc1c(-c2cccc(S(=O)(=O)N(C)C)c2)c2ccncc2n1C/C(F)=C/C[NH3+]. The largest absolute Gasteiger partial charge is 0.354 e. The molecule has 6 nitrogen and oxygen atoms in total. The van der Waals surface area contributed by atoms with Crippen LogP contribution in [0.25, 0.3) is 22.0 Å². The summed E-state index contributed by atoms with van der Waals surface area (Å²) < 4.78 is 42.3. The Labute approximate surface area is 164 Å². The van der Waals surface area contributed by atoms with Crippen LogP contribution in [0.4, 0.5) is 4.39 Å². The number of halogens is 1. The number of quaternary nitrogens is 1. The molecule has 0 spiro atoms. The van der Waals surface area contributed by atoms with Crippen LogP contribution in [0.15, 0.2) is 59.5 Å². The number of fused-ring (bicyclic) bond motifs is 1. The van der Waals surface area contributed by atoms with E-state index in [1.165, 1.54) is 24.5 Å². The second-order valence-electron chi connectivity index (χ2n) is 6.69. The van der Waals surface area contributed by atoms with Crippen molar-refractivity contribution < 1.29 is 18.5 Å². The highest BCUT2D eigenvalue weighted by Crippen LogP contribution is 2.35. The summed E-state index contributed by atoms with van der Waals surface area (Å²) in [5.41, 5.74) is 6.92. The number of rotatable bonds is 6. The fourth-order valence-electron chi connectivity index (χ4n) is 3.29. The van der Waals surface area contributed by atoms with Crippen LogP contribution in [0.1, 0.15) is 5.69 Å². The number of benzene rings is 1. The van der Waals surface area contributed by atoms with E-state index in [9.17, 15) is 12.8 Å². The predicted molar refractivity (Wildman–Crippen MR) is 108 cm³/mol. The van der Waals surface area contributed by atoms with Crippen molar-refractivity contribution >= 4 is 20.9 Å². The Morgan fingerprint density at radius 2 is 2.07 bits per heavy atom. The molecule has 2 heterocycles. The predicted octanol–water partition coefficient (Wildman–Crippen LogP) is 2.36. The van der Waals surface area contributed by atoms with Gasteiger partial charge in [-0.25, -0.2) is 17.1 Å². The summed E-state index contributed by atoms with van der Waals surface area (Å²) in [6, 6.07) is 8.68. The minimum absolute atomic E-state index is 0.0826. The summed E-state index contributed by atoms with van der Waals surface area (Å²) >= 11 is 0. The van der Waals surface area contributed by atoms with Crippen molar-refractivity contribution in [3.63, 3.8) is 0 Å². The summed E-state index contributed by atoms with van der Waals surface area (Å²) in [6.45, 7) is 2.36. The molecular weight excluding hydrogens is 379 g/mol. The van der Waals surface area contributed by atoms with Crippen LogP contribution < -0.4 is 5.73 Å². The highest BCUT2D eigenvalue weighted by Gasteiger charge is 2.21. The van der Waals surface area contributed by atoms with Gasteiger partial charge in [-0.15, -0.1) is 0 Å². The lowest BCUT2D eigenvalue weighted by molar-refractivity contribution is -0.353. The molecule has 0 aliphatic heterocycles. The van der Waals surface area contributed by atoms with E-state index in [4.69, 9.17) is 0 Å². The topological polar surface area (TPSA) is 82.8 Å². The van der Waals surface area contributed by atoms with Gasteiger partial charge < -0.3 is 10.3 Å². The van der Waals surface area contributed by atoms with Crippen molar-refractivity contribution in [1.29, 1.82) is 0 Å². The molecule has 0 radical (unpaired) electrons. The van der Waals surface area contributed by atoms with Crippen molar-refractivity contribution in [1.82, 2.24) is 13.9 Å². The average Bonchev–Trinajstić information content (AvgIpc) is 2.94. The van der Waals surface area contributed by atoms with Crippen molar-refractivity contribution in [2.24, 2.45) is 0 Å². The van der Waals surface area contributed by atoms with E-state index in [2.05, 4.69) is 10.7 Å². The smallest absolute Gasteiger partial charge is 0.242 e. The number of nitrogens with zero attached hydrogens (tertiary/aromatic N) is 3. The number of hydrogen-bond donors (Lipinski definition) is 1. The molecule has 8 heteroatoms. The molecule has 0 amide bonds. The Kier molecular flexibility index (Phi) is 5.64. The maximum atomic E-state index is 14.2. The molecule has 0 saturated carbocycles. The molecule has 148 valence electrons. The normalized spacial score (nSPS) is 12.9. The van der Waals surface area contributed by atoms with Crippen LogP contribution in [0.5, 0.6) is 0 Å². The van der Waals surface area contributed by atoms with Crippen molar-refractivity contribution in [3.05, 3.63) is 60.3 Å². The van der Waals surface area contributed by atoms with Gasteiger partial charge in [-0.05, 0) is 30.7 Å². The molecule has 3 N–H and O–H groups in total. The minimum Gasteiger partial charge on any atom is -0.354 e. The molecule has 1 aromatic carbocycles. The van der Waals surface area contributed by atoms with Gasteiger partial charge in [-0.1, -0.05) is 12.1 Å². The molecule has 0 saturated heterocycles. The minimum atomic E-state index is -3.55. The lowest BCUT2D eigenvalue weighted by Gasteiger charge is -2.13. The lowest BCUT2D eigenvalue weighted by atomic mass is 10.0. The summed E-state index contributed by atoms with van der Waals surface area (Å²) in [5.74, 6) is -0.269. The second-order valence-corrected chi connectivity index (χ2v) is 8.85. The van der Waals surface area contributed by atoms with Gasteiger partial charge in [0, 0.05) is 43.0 Å². The molecule has 0 fully saturated rings.